The van der Waals surface area contributed by atoms with Crippen LogP contribution in [0, 0.1) is 0 Å². The Morgan fingerprint density at radius 3 is 2.36 bits per heavy atom. The monoisotopic (exact) mass is 367 g/mol. The van der Waals surface area contributed by atoms with Gasteiger partial charge in [0.05, 0.1) is 0 Å². The van der Waals surface area contributed by atoms with Gasteiger partial charge in [-0.2, -0.15) is 0 Å². The topological polar surface area (TPSA) is 83.9 Å². The van der Waals surface area contributed by atoms with Crippen LogP contribution in [0.15, 0.2) is 24.3 Å². The van der Waals surface area contributed by atoms with E-state index in [0.717, 1.165) is 0 Å². The van der Waals surface area contributed by atoms with Crippen LogP contribution in [0.1, 0.15) is 50.4 Å². The molecule has 0 bridgehead atoms. The van der Waals surface area contributed by atoms with Gasteiger partial charge in [0.1, 0.15) is 5.60 Å². The molecule has 0 spiro atoms. The van der Waals surface area contributed by atoms with Gasteiger partial charge >= 0.3 is 12.1 Å². The van der Waals surface area contributed by atoms with Crippen molar-refractivity contribution in [3.05, 3.63) is 34.9 Å². The van der Waals surface area contributed by atoms with Crippen LogP contribution in [0.2, 0.25) is 5.02 Å². The van der Waals surface area contributed by atoms with Crippen molar-refractivity contribution < 1.29 is 24.2 Å². The average molecular weight is 368 g/mol. The lowest BCUT2D eigenvalue weighted by molar-refractivity contribution is -0.149. The second kappa shape index (κ2) is 7.04. The molecule has 1 aromatic carbocycles. The number of carbonyl (C=O) groups excluding carboxylic acids is 2. The summed E-state index contributed by atoms with van der Waals surface area (Å²) < 4.78 is 5.33. The van der Waals surface area contributed by atoms with E-state index in [1.54, 1.807) is 45.0 Å². The van der Waals surface area contributed by atoms with Crippen LogP contribution in [0.5, 0.6) is 0 Å². The van der Waals surface area contributed by atoms with Crippen LogP contribution < -0.4 is 0 Å². The second-order valence-corrected chi connectivity index (χ2v) is 7.62. The summed E-state index contributed by atoms with van der Waals surface area (Å²) in [5.74, 6) is -1.55. The summed E-state index contributed by atoms with van der Waals surface area (Å²) in [7, 11) is 0. The van der Waals surface area contributed by atoms with E-state index in [9.17, 15) is 19.5 Å². The zero-order chi connectivity index (χ0) is 18.8. The highest BCUT2D eigenvalue weighted by Gasteiger charge is 2.52. The first-order valence-corrected chi connectivity index (χ1v) is 8.46. The number of carboxylic acids is 1. The molecule has 0 aliphatic carbocycles. The van der Waals surface area contributed by atoms with E-state index in [4.69, 9.17) is 16.3 Å². The molecule has 0 aromatic heterocycles. The molecule has 7 heteroatoms. The fourth-order valence-electron chi connectivity index (χ4n) is 2.95. The normalized spacial score (nSPS) is 20.4. The summed E-state index contributed by atoms with van der Waals surface area (Å²) in [6, 6.07) is 6.24. The maximum absolute atomic E-state index is 12.6. The Morgan fingerprint density at radius 2 is 1.84 bits per heavy atom. The van der Waals surface area contributed by atoms with Gasteiger partial charge in [-0.25, -0.2) is 9.59 Å². The number of ether oxygens (including phenoxy) is 1. The molecule has 1 aliphatic rings. The van der Waals surface area contributed by atoms with Crippen molar-refractivity contribution in [2.75, 3.05) is 6.54 Å². The molecular weight excluding hydrogens is 346 g/mol. The van der Waals surface area contributed by atoms with E-state index in [0.29, 0.717) is 17.0 Å². The van der Waals surface area contributed by atoms with Gasteiger partial charge in [-0.3, -0.25) is 9.69 Å². The van der Waals surface area contributed by atoms with E-state index < -0.39 is 23.2 Å². The Hall–Kier alpha value is -2.08. The summed E-state index contributed by atoms with van der Waals surface area (Å²) in [6.07, 6.45) is -0.305. The number of aliphatic carboxylic acids is 1. The number of hydrogen-bond acceptors (Lipinski definition) is 4. The van der Waals surface area contributed by atoms with Crippen LogP contribution >= 0.6 is 11.6 Å². The zero-order valence-corrected chi connectivity index (χ0v) is 15.3. The third-order valence-corrected chi connectivity index (χ3v) is 4.37. The molecule has 1 amide bonds. The summed E-state index contributed by atoms with van der Waals surface area (Å²) in [5.41, 5.74) is -1.97. The standard InChI is InChI=1S/C18H22ClNO5/c1-17(2,3)25-16(24)20-10-4-9-18(20,15(22)23)11-14(21)12-5-7-13(19)8-6-12/h5-8H,4,9-11H2,1-3H3,(H,22,23)/t18-/m0/s1. The van der Waals surface area contributed by atoms with Gasteiger partial charge in [0.2, 0.25) is 0 Å². The van der Waals surface area contributed by atoms with Crippen molar-refractivity contribution in [2.45, 2.75) is 51.2 Å². The maximum Gasteiger partial charge on any atom is 0.411 e. The fraction of sp³-hybridized carbons (Fsp3) is 0.500. The summed E-state index contributed by atoms with van der Waals surface area (Å²) in [5, 5.41) is 10.3. The predicted molar refractivity (Wildman–Crippen MR) is 92.9 cm³/mol. The Labute approximate surface area is 151 Å². The largest absolute Gasteiger partial charge is 0.479 e. The first-order valence-electron chi connectivity index (χ1n) is 8.08. The molecule has 2 rings (SSSR count). The van der Waals surface area contributed by atoms with Crippen LogP contribution in [-0.2, 0) is 9.53 Å². The second-order valence-electron chi connectivity index (χ2n) is 7.18. The van der Waals surface area contributed by atoms with Crippen molar-refractivity contribution in [1.82, 2.24) is 4.90 Å². The number of ketones is 1. The van der Waals surface area contributed by atoms with E-state index >= 15 is 0 Å². The zero-order valence-electron chi connectivity index (χ0n) is 14.5. The molecule has 1 fully saturated rings. The van der Waals surface area contributed by atoms with Gasteiger partial charge in [0, 0.05) is 23.6 Å². The van der Waals surface area contributed by atoms with Gasteiger partial charge in [0.25, 0.3) is 0 Å². The molecule has 1 saturated heterocycles. The Bertz CT molecular complexity index is 680. The van der Waals surface area contributed by atoms with E-state index in [1.807, 2.05) is 0 Å². The lowest BCUT2D eigenvalue weighted by Crippen LogP contribution is -2.55. The van der Waals surface area contributed by atoms with Crippen molar-refractivity contribution >= 4 is 29.4 Å². The lowest BCUT2D eigenvalue weighted by Gasteiger charge is -2.35. The Balaban J connectivity index is 2.27. The molecular formula is C18H22ClNO5. The van der Waals surface area contributed by atoms with E-state index in [2.05, 4.69) is 0 Å². The van der Waals surface area contributed by atoms with Gasteiger partial charge in [-0.05, 0) is 57.9 Å². The molecule has 0 radical (unpaired) electrons. The molecule has 6 nitrogen and oxygen atoms in total. The number of Topliss-reactive ketones (excluding diaryl/α,β-unsaturated/α-hetero) is 1. The Kier molecular flexibility index (Phi) is 5.42. The number of likely N-dealkylation sites (tertiary alicyclic amines) is 1. The molecule has 0 saturated carbocycles. The number of carbonyl (C=O) groups is 3. The maximum atomic E-state index is 12.6. The van der Waals surface area contributed by atoms with Gasteiger partial charge in [-0.15, -0.1) is 0 Å². The summed E-state index contributed by atoms with van der Waals surface area (Å²) in [4.78, 5) is 38.2. The smallest absolute Gasteiger partial charge is 0.411 e. The molecule has 25 heavy (non-hydrogen) atoms. The minimum atomic E-state index is -1.58. The molecule has 136 valence electrons. The molecule has 1 aromatic rings. The van der Waals surface area contributed by atoms with E-state index in [1.165, 1.54) is 4.90 Å². The number of halogens is 1. The summed E-state index contributed by atoms with van der Waals surface area (Å²) in [6.45, 7) is 5.38. The first-order chi connectivity index (χ1) is 11.5. The highest BCUT2D eigenvalue weighted by Crippen LogP contribution is 2.35. The third-order valence-electron chi connectivity index (χ3n) is 4.12. The van der Waals surface area contributed by atoms with Crippen LogP contribution in [-0.4, -0.2) is 45.5 Å². The van der Waals surface area contributed by atoms with Crippen LogP contribution in [0.4, 0.5) is 4.79 Å². The number of nitrogens with zero attached hydrogens (tertiary/aromatic N) is 1. The fourth-order valence-corrected chi connectivity index (χ4v) is 3.07. The highest BCUT2D eigenvalue weighted by atomic mass is 35.5. The highest BCUT2D eigenvalue weighted by molar-refractivity contribution is 6.30. The summed E-state index contributed by atoms with van der Waals surface area (Å²) >= 11 is 5.82. The number of hydrogen-bond donors (Lipinski definition) is 1. The number of benzene rings is 1. The van der Waals surface area contributed by atoms with E-state index in [-0.39, 0.29) is 25.2 Å². The molecule has 0 unspecified atom stereocenters. The van der Waals surface area contributed by atoms with Crippen LogP contribution in [0.25, 0.3) is 0 Å². The quantitative estimate of drug-likeness (QED) is 0.819. The van der Waals surface area contributed by atoms with Crippen molar-refractivity contribution in [3.8, 4) is 0 Å². The van der Waals surface area contributed by atoms with Gasteiger partial charge in [0.15, 0.2) is 11.3 Å². The first kappa shape index (κ1) is 19.2. The molecule has 1 heterocycles. The van der Waals surface area contributed by atoms with Crippen molar-refractivity contribution in [3.63, 3.8) is 0 Å². The average Bonchev–Trinajstić information content (AvgIpc) is 2.91. The van der Waals surface area contributed by atoms with Crippen molar-refractivity contribution in [2.24, 2.45) is 0 Å². The molecule has 1 atom stereocenters. The SMILES string of the molecule is CC(C)(C)OC(=O)N1CCC[C@]1(CC(=O)c1ccc(Cl)cc1)C(=O)O. The van der Waals surface area contributed by atoms with Gasteiger partial charge in [-0.1, -0.05) is 11.6 Å². The van der Waals surface area contributed by atoms with Crippen LogP contribution in [0.3, 0.4) is 0 Å². The predicted octanol–water partition coefficient (Wildman–Crippen LogP) is 3.77. The molecule has 1 aliphatic heterocycles. The molecule has 1 N–H and O–H groups in total. The number of rotatable bonds is 4. The lowest BCUT2D eigenvalue weighted by atomic mass is 9.88. The van der Waals surface area contributed by atoms with Crippen molar-refractivity contribution in [1.29, 1.82) is 0 Å². The number of amides is 1. The third kappa shape index (κ3) is 4.31. The number of carboxylic acid groups (broad SMARTS) is 1. The Morgan fingerprint density at radius 1 is 1.24 bits per heavy atom. The minimum absolute atomic E-state index is 0.209. The van der Waals surface area contributed by atoms with Gasteiger partial charge < -0.3 is 9.84 Å². The minimum Gasteiger partial charge on any atom is -0.479 e.